The van der Waals surface area contributed by atoms with Crippen LogP contribution in [0, 0.1) is 0 Å². The van der Waals surface area contributed by atoms with E-state index < -0.39 is 12.0 Å². The van der Waals surface area contributed by atoms with Crippen LogP contribution in [-0.4, -0.2) is 59.4 Å². The van der Waals surface area contributed by atoms with Crippen LogP contribution < -0.4 is 20.1 Å². The molecule has 1 aliphatic rings. The lowest BCUT2D eigenvalue weighted by molar-refractivity contribution is -0.118. The minimum Gasteiger partial charge on any atom is -0.507 e. The van der Waals surface area contributed by atoms with Gasteiger partial charge in [-0.05, 0) is 38.7 Å². The number of nitrogens with zero attached hydrogens (tertiary/aromatic N) is 2. The van der Waals surface area contributed by atoms with Crippen molar-refractivity contribution in [1.29, 1.82) is 0 Å². The van der Waals surface area contributed by atoms with Crippen molar-refractivity contribution in [3.63, 3.8) is 0 Å². The van der Waals surface area contributed by atoms with Gasteiger partial charge in [0.15, 0.2) is 12.4 Å². The fourth-order valence-corrected chi connectivity index (χ4v) is 4.46. The number of carbonyl (C=O) groups excluding carboxylic acids is 2. The van der Waals surface area contributed by atoms with Crippen LogP contribution in [0.1, 0.15) is 55.8 Å². The van der Waals surface area contributed by atoms with Crippen molar-refractivity contribution in [2.24, 2.45) is 4.99 Å². The number of ether oxygens (including phenoxy) is 3. The van der Waals surface area contributed by atoms with Crippen LogP contribution in [0.25, 0.3) is 0 Å². The number of phenolic OH excluding ortho intramolecular Hbond substituents is 1. The number of aromatic hydroxyl groups is 1. The molecular weight excluding hydrogens is 514 g/mol. The van der Waals surface area contributed by atoms with E-state index in [0.29, 0.717) is 30.1 Å². The maximum atomic E-state index is 12.6. The summed E-state index contributed by atoms with van der Waals surface area (Å²) in [5, 5.41) is 23.1. The molecule has 2 amide bonds. The molecule has 40 heavy (non-hydrogen) atoms. The number of anilines is 1. The second-order valence-electron chi connectivity index (χ2n) is 9.90. The number of aromatic amines is 1. The lowest BCUT2D eigenvalue weighted by Crippen LogP contribution is -2.33. The highest BCUT2D eigenvalue weighted by atomic mass is 16.6. The van der Waals surface area contributed by atoms with Gasteiger partial charge < -0.3 is 30.0 Å². The molecule has 212 valence electrons. The molecule has 0 aliphatic heterocycles. The van der Waals surface area contributed by atoms with Crippen molar-refractivity contribution >= 4 is 24.0 Å². The quantitative estimate of drug-likeness (QED) is 0.257. The number of rotatable bonds is 11. The number of amides is 2. The summed E-state index contributed by atoms with van der Waals surface area (Å²) < 4.78 is 16.5. The fourth-order valence-electron chi connectivity index (χ4n) is 4.46. The Kier molecular flexibility index (Phi) is 9.61. The van der Waals surface area contributed by atoms with E-state index in [4.69, 9.17) is 14.2 Å². The number of aliphatic imine (C=N–C) groups is 1. The van der Waals surface area contributed by atoms with Gasteiger partial charge in [-0.15, -0.1) is 0 Å². The minimum absolute atomic E-state index is 0.0152. The topological polar surface area (TPSA) is 147 Å². The molecular formula is C29H35N5O6. The Morgan fingerprint density at radius 1 is 1.20 bits per heavy atom. The highest BCUT2D eigenvalue weighted by Gasteiger charge is 2.30. The van der Waals surface area contributed by atoms with Crippen molar-refractivity contribution in [2.75, 3.05) is 19.0 Å². The number of alkyl carbamates (subject to hydrolysis) is 1. The second-order valence-corrected chi connectivity index (χ2v) is 9.90. The van der Waals surface area contributed by atoms with E-state index >= 15 is 0 Å². The molecule has 4 rings (SSSR count). The summed E-state index contributed by atoms with van der Waals surface area (Å²) in [5.41, 5.74) is 2.22. The standard InChI is InChI=1S/C29H35N5O6/c1-18(2)31-29(37)40-21-10-9-20(11-21)24-14-27(34-33-24)32-28(36)17-39-26-13-22(38-3)12-25(35)23(26)16-30-15-19-7-5-4-6-8-19/h4-8,12-14,16,18,20-21,35H,9-11,15,17H2,1-3H3,(H,31,37)(H2,32,33,34,36)/t20-,21?/m0/s1. The zero-order chi connectivity index (χ0) is 28.5. The summed E-state index contributed by atoms with van der Waals surface area (Å²) in [5.74, 6) is 0.637. The first-order valence-electron chi connectivity index (χ1n) is 13.2. The third kappa shape index (κ3) is 7.98. The van der Waals surface area contributed by atoms with Crippen molar-refractivity contribution < 1.29 is 28.9 Å². The molecule has 4 N–H and O–H groups in total. The van der Waals surface area contributed by atoms with Crippen molar-refractivity contribution in [1.82, 2.24) is 15.5 Å². The van der Waals surface area contributed by atoms with Crippen molar-refractivity contribution in [3.8, 4) is 17.2 Å². The lowest BCUT2D eigenvalue weighted by atomic mass is 10.0. The van der Waals surface area contributed by atoms with Crippen LogP contribution >= 0.6 is 0 Å². The normalized spacial score (nSPS) is 16.7. The number of methoxy groups -OCH3 is 1. The van der Waals surface area contributed by atoms with Gasteiger partial charge in [-0.1, -0.05) is 30.3 Å². The second kappa shape index (κ2) is 13.5. The van der Waals surface area contributed by atoms with E-state index in [1.54, 1.807) is 12.1 Å². The van der Waals surface area contributed by atoms with Gasteiger partial charge in [0.05, 0.1) is 19.2 Å². The third-order valence-corrected chi connectivity index (χ3v) is 6.40. The Bertz CT molecular complexity index is 1320. The molecule has 1 aliphatic carbocycles. The van der Waals surface area contributed by atoms with E-state index in [2.05, 4.69) is 25.8 Å². The van der Waals surface area contributed by atoms with Crippen molar-refractivity contribution in [3.05, 3.63) is 65.4 Å². The molecule has 2 atom stereocenters. The van der Waals surface area contributed by atoms with Gasteiger partial charge in [0, 0.05) is 42.1 Å². The zero-order valence-electron chi connectivity index (χ0n) is 22.8. The van der Waals surface area contributed by atoms with E-state index in [1.165, 1.54) is 19.4 Å². The molecule has 1 heterocycles. The number of H-pyrrole nitrogens is 1. The largest absolute Gasteiger partial charge is 0.507 e. The van der Waals surface area contributed by atoms with Crippen LogP contribution in [0.3, 0.4) is 0 Å². The maximum absolute atomic E-state index is 12.6. The van der Waals surface area contributed by atoms with Gasteiger partial charge in [0.25, 0.3) is 5.91 Å². The third-order valence-electron chi connectivity index (χ3n) is 6.40. The van der Waals surface area contributed by atoms with Crippen LogP contribution in [-0.2, 0) is 16.1 Å². The van der Waals surface area contributed by atoms with Crippen LogP contribution in [0.5, 0.6) is 17.2 Å². The number of hydrogen-bond acceptors (Lipinski definition) is 8. The Morgan fingerprint density at radius 2 is 2.00 bits per heavy atom. The van der Waals surface area contributed by atoms with E-state index in [0.717, 1.165) is 24.1 Å². The number of aromatic nitrogens is 2. The number of phenols is 1. The smallest absolute Gasteiger partial charge is 0.407 e. The Morgan fingerprint density at radius 3 is 2.75 bits per heavy atom. The molecule has 1 saturated carbocycles. The first-order valence-corrected chi connectivity index (χ1v) is 13.2. The van der Waals surface area contributed by atoms with Crippen LogP contribution in [0.2, 0.25) is 0 Å². The van der Waals surface area contributed by atoms with E-state index in [-0.39, 0.29) is 36.2 Å². The summed E-state index contributed by atoms with van der Waals surface area (Å²) in [7, 11) is 1.47. The minimum atomic E-state index is -0.425. The van der Waals surface area contributed by atoms with Gasteiger partial charge in [0.1, 0.15) is 23.4 Å². The van der Waals surface area contributed by atoms with Gasteiger partial charge in [-0.25, -0.2) is 4.79 Å². The monoisotopic (exact) mass is 549 g/mol. The predicted molar refractivity (Wildman–Crippen MR) is 150 cm³/mol. The molecule has 0 bridgehead atoms. The molecule has 11 nitrogen and oxygen atoms in total. The Labute approximate surface area is 232 Å². The molecule has 0 spiro atoms. The van der Waals surface area contributed by atoms with Gasteiger partial charge >= 0.3 is 6.09 Å². The summed E-state index contributed by atoms with van der Waals surface area (Å²) in [6.07, 6.45) is 3.22. The molecule has 1 unspecified atom stereocenters. The van der Waals surface area contributed by atoms with E-state index in [9.17, 15) is 14.7 Å². The van der Waals surface area contributed by atoms with Gasteiger partial charge in [-0.2, -0.15) is 5.10 Å². The Balaban J connectivity index is 1.32. The van der Waals surface area contributed by atoms with Gasteiger partial charge in [-0.3, -0.25) is 14.9 Å². The molecule has 2 aromatic carbocycles. The Hall–Kier alpha value is -4.54. The highest BCUT2D eigenvalue weighted by molar-refractivity contribution is 5.92. The average Bonchev–Trinajstić information content (AvgIpc) is 3.58. The predicted octanol–water partition coefficient (Wildman–Crippen LogP) is 4.53. The van der Waals surface area contributed by atoms with Crippen LogP contribution in [0.15, 0.2) is 53.5 Å². The average molecular weight is 550 g/mol. The molecule has 11 heteroatoms. The number of nitrogens with one attached hydrogen (secondary N) is 3. The van der Waals surface area contributed by atoms with Crippen molar-refractivity contribution in [2.45, 2.75) is 57.7 Å². The van der Waals surface area contributed by atoms with E-state index in [1.807, 2.05) is 44.2 Å². The zero-order valence-corrected chi connectivity index (χ0v) is 22.8. The lowest BCUT2D eigenvalue weighted by Gasteiger charge is -2.14. The molecule has 3 aromatic rings. The maximum Gasteiger partial charge on any atom is 0.407 e. The molecule has 1 fully saturated rings. The summed E-state index contributed by atoms with van der Waals surface area (Å²) in [6, 6.07) is 14.5. The highest BCUT2D eigenvalue weighted by Crippen LogP contribution is 2.36. The van der Waals surface area contributed by atoms with Gasteiger partial charge in [0.2, 0.25) is 0 Å². The first-order chi connectivity index (χ1) is 19.3. The molecule has 1 aromatic heterocycles. The molecule has 0 radical (unpaired) electrons. The SMILES string of the molecule is COc1cc(O)c(C=NCc2ccccc2)c(OCC(=O)Nc2cc([C@H]3CCC(OC(=O)NC(C)C)C3)[nH]n2)c1. The molecule has 0 saturated heterocycles. The summed E-state index contributed by atoms with van der Waals surface area (Å²) in [4.78, 5) is 28.9. The number of carbonyl (C=O) groups is 2. The summed E-state index contributed by atoms with van der Waals surface area (Å²) in [6.45, 7) is 3.86. The number of hydrogen-bond donors (Lipinski definition) is 4. The fraction of sp³-hybridized carbons (Fsp3) is 0.379. The first kappa shape index (κ1) is 28.5. The number of benzene rings is 2. The van der Waals surface area contributed by atoms with Crippen LogP contribution in [0.4, 0.5) is 10.6 Å². The summed E-state index contributed by atoms with van der Waals surface area (Å²) >= 11 is 0.